The van der Waals surface area contributed by atoms with Crippen LogP contribution in [0.15, 0.2) is 148 Å². The van der Waals surface area contributed by atoms with Gasteiger partial charge >= 0.3 is 0 Å². The third kappa shape index (κ3) is 3.14. The lowest BCUT2D eigenvalue weighted by Gasteiger charge is -2.08. The number of rotatable bonds is 3. The van der Waals surface area contributed by atoms with E-state index in [2.05, 4.69) is 138 Å². The molecule has 0 aliphatic heterocycles. The van der Waals surface area contributed by atoms with Crippen molar-refractivity contribution >= 4 is 54.9 Å². The summed E-state index contributed by atoms with van der Waals surface area (Å²) in [6.45, 7) is 0. The van der Waals surface area contributed by atoms with E-state index < -0.39 is 0 Å². The average Bonchev–Trinajstić information content (AvgIpc) is 3.71. The second-order valence-corrected chi connectivity index (χ2v) is 10.5. The van der Waals surface area contributed by atoms with Crippen LogP contribution in [0, 0.1) is 0 Å². The maximum absolute atomic E-state index is 6.83. The number of hydrogen-bond acceptors (Lipinski definition) is 2. The van der Waals surface area contributed by atoms with E-state index in [9.17, 15) is 0 Å². The molecule has 0 radical (unpaired) electrons. The minimum absolute atomic E-state index is 0.869. The Morgan fingerprint density at radius 2 is 1.05 bits per heavy atom. The van der Waals surface area contributed by atoms with Gasteiger partial charge in [-0.25, -0.2) is 0 Å². The van der Waals surface area contributed by atoms with Crippen molar-refractivity contribution in [2.24, 2.45) is 0 Å². The summed E-state index contributed by atoms with van der Waals surface area (Å²) in [5.41, 5.74) is 11.3. The van der Waals surface area contributed by atoms with Gasteiger partial charge in [0.15, 0.2) is 5.58 Å². The van der Waals surface area contributed by atoms with Crippen LogP contribution in [-0.2, 0) is 0 Å². The molecule has 6 aromatic carbocycles. The van der Waals surface area contributed by atoms with E-state index in [1.165, 1.54) is 0 Å². The quantitative estimate of drug-likeness (QED) is 0.230. The molecule has 0 unspecified atom stereocenters. The molecule has 3 nitrogen and oxygen atoms in total. The predicted molar refractivity (Wildman–Crippen MR) is 169 cm³/mol. The number of hydrogen-bond donors (Lipinski definition) is 0. The SMILES string of the molecule is c1ccc(-c2cccc3c2oc2cccc(-c4cccc5c4oc4c6ccccc6n(-c6ccccc6)c54)c23)cc1. The average molecular weight is 526 g/mol. The fraction of sp³-hybridized carbons (Fsp3) is 0. The zero-order chi connectivity index (χ0) is 26.9. The van der Waals surface area contributed by atoms with E-state index in [0.29, 0.717) is 0 Å². The number of benzene rings is 6. The van der Waals surface area contributed by atoms with Crippen molar-refractivity contribution in [1.29, 1.82) is 0 Å². The van der Waals surface area contributed by atoms with Crippen LogP contribution in [0.1, 0.15) is 0 Å². The van der Waals surface area contributed by atoms with Crippen molar-refractivity contribution in [3.8, 4) is 27.9 Å². The molecular formula is C38H23NO2. The fourth-order valence-corrected chi connectivity index (χ4v) is 6.47. The highest BCUT2D eigenvalue weighted by Crippen LogP contribution is 2.45. The lowest BCUT2D eigenvalue weighted by molar-refractivity contribution is 0.670. The van der Waals surface area contributed by atoms with Crippen molar-refractivity contribution in [1.82, 2.24) is 4.57 Å². The van der Waals surface area contributed by atoms with Gasteiger partial charge in [0.1, 0.15) is 22.3 Å². The molecule has 192 valence electrons. The lowest BCUT2D eigenvalue weighted by Crippen LogP contribution is -1.92. The molecule has 0 fully saturated rings. The van der Waals surface area contributed by atoms with Crippen LogP contribution < -0.4 is 0 Å². The summed E-state index contributed by atoms with van der Waals surface area (Å²) in [6, 6.07) is 48.6. The standard InChI is InChI=1S/C38H23NO2/c1-3-12-24(13-4-1)26-17-9-20-30-34-27(18-11-23-33(34)40-36(26)30)28-19-10-21-31-35-38(41-37(28)31)29-16-7-8-22-32(29)39(35)25-14-5-2-6-15-25/h1-23H. The molecular weight excluding hydrogens is 502 g/mol. The maximum atomic E-state index is 6.83. The summed E-state index contributed by atoms with van der Waals surface area (Å²) in [6.07, 6.45) is 0. The van der Waals surface area contributed by atoms with Gasteiger partial charge in [0, 0.05) is 38.4 Å². The summed E-state index contributed by atoms with van der Waals surface area (Å²) in [4.78, 5) is 0. The molecule has 0 aliphatic carbocycles. The first kappa shape index (κ1) is 22.3. The van der Waals surface area contributed by atoms with Gasteiger partial charge in [-0.05, 0) is 47.5 Å². The van der Waals surface area contributed by atoms with Crippen LogP contribution in [0.4, 0.5) is 0 Å². The molecule has 3 heterocycles. The Labute approximate surface area is 235 Å². The van der Waals surface area contributed by atoms with E-state index >= 15 is 0 Å². The second kappa shape index (κ2) is 8.48. The number of para-hydroxylation sites is 4. The number of furan rings is 2. The Bertz CT molecular complexity index is 2410. The van der Waals surface area contributed by atoms with Gasteiger partial charge in [-0.3, -0.25) is 0 Å². The highest BCUT2D eigenvalue weighted by molar-refractivity contribution is 6.21. The van der Waals surface area contributed by atoms with E-state index in [4.69, 9.17) is 8.83 Å². The molecule has 0 bridgehead atoms. The normalized spacial score (nSPS) is 11.9. The summed E-state index contributed by atoms with van der Waals surface area (Å²) in [5, 5.41) is 4.40. The first-order valence-corrected chi connectivity index (χ1v) is 13.9. The molecule has 3 heteroatoms. The maximum Gasteiger partial charge on any atom is 0.161 e. The van der Waals surface area contributed by atoms with Crippen LogP contribution in [-0.4, -0.2) is 4.57 Å². The van der Waals surface area contributed by atoms with Gasteiger partial charge in [0.05, 0.1) is 5.52 Å². The summed E-state index contributed by atoms with van der Waals surface area (Å²) < 4.78 is 15.7. The molecule has 9 aromatic rings. The Hall–Kier alpha value is -5.54. The van der Waals surface area contributed by atoms with E-state index in [0.717, 1.165) is 82.9 Å². The second-order valence-electron chi connectivity index (χ2n) is 10.5. The Morgan fingerprint density at radius 1 is 0.415 bits per heavy atom. The van der Waals surface area contributed by atoms with Gasteiger partial charge in [-0.15, -0.1) is 0 Å². The molecule has 0 N–H and O–H groups in total. The fourth-order valence-electron chi connectivity index (χ4n) is 6.47. The first-order valence-electron chi connectivity index (χ1n) is 13.9. The minimum Gasteiger partial charge on any atom is -0.455 e. The van der Waals surface area contributed by atoms with Crippen molar-refractivity contribution in [3.05, 3.63) is 140 Å². The minimum atomic E-state index is 0.869. The van der Waals surface area contributed by atoms with E-state index in [1.807, 2.05) is 6.07 Å². The third-order valence-corrected chi connectivity index (χ3v) is 8.21. The Morgan fingerprint density at radius 3 is 1.90 bits per heavy atom. The zero-order valence-electron chi connectivity index (χ0n) is 22.0. The van der Waals surface area contributed by atoms with Crippen LogP contribution >= 0.6 is 0 Å². The molecule has 0 amide bonds. The third-order valence-electron chi connectivity index (χ3n) is 8.21. The van der Waals surface area contributed by atoms with Crippen molar-refractivity contribution in [3.63, 3.8) is 0 Å². The van der Waals surface area contributed by atoms with Crippen LogP contribution in [0.5, 0.6) is 0 Å². The topological polar surface area (TPSA) is 31.2 Å². The van der Waals surface area contributed by atoms with Gasteiger partial charge in [0.2, 0.25) is 0 Å². The predicted octanol–water partition coefficient (Wildman–Crippen LogP) is 10.8. The highest BCUT2D eigenvalue weighted by Gasteiger charge is 2.23. The summed E-state index contributed by atoms with van der Waals surface area (Å²) in [7, 11) is 0. The molecule has 3 aromatic heterocycles. The summed E-state index contributed by atoms with van der Waals surface area (Å²) >= 11 is 0. The molecule has 9 rings (SSSR count). The van der Waals surface area contributed by atoms with Crippen LogP contribution in [0.3, 0.4) is 0 Å². The summed E-state index contributed by atoms with van der Waals surface area (Å²) in [5.74, 6) is 0. The molecule has 41 heavy (non-hydrogen) atoms. The van der Waals surface area contributed by atoms with Gasteiger partial charge in [-0.2, -0.15) is 0 Å². The smallest absolute Gasteiger partial charge is 0.161 e. The number of fused-ring (bicyclic) bond motifs is 8. The Kier molecular flexibility index (Phi) is 4.61. The van der Waals surface area contributed by atoms with E-state index in [-0.39, 0.29) is 0 Å². The van der Waals surface area contributed by atoms with E-state index in [1.54, 1.807) is 0 Å². The van der Waals surface area contributed by atoms with Crippen molar-refractivity contribution in [2.75, 3.05) is 0 Å². The molecule has 0 saturated carbocycles. The molecule has 0 spiro atoms. The molecule has 0 aliphatic rings. The first-order chi connectivity index (χ1) is 20.4. The van der Waals surface area contributed by atoms with Crippen LogP contribution in [0.2, 0.25) is 0 Å². The van der Waals surface area contributed by atoms with Gasteiger partial charge in [-0.1, -0.05) is 103 Å². The Balaban J connectivity index is 1.37. The lowest BCUT2D eigenvalue weighted by atomic mass is 9.96. The van der Waals surface area contributed by atoms with Crippen molar-refractivity contribution in [2.45, 2.75) is 0 Å². The van der Waals surface area contributed by atoms with Crippen molar-refractivity contribution < 1.29 is 8.83 Å². The largest absolute Gasteiger partial charge is 0.455 e. The van der Waals surface area contributed by atoms with Crippen LogP contribution in [0.25, 0.3) is 82.9 Å². The molecule has 0 saturated heterocycles. The van der Waals surface area contributed by atoms with Gasteiger partial charge < -0.3 is 13.4 Å². The van der Waals surface area contributed by atoms with Gasteiger partial charge in [0.25, 0.3) is 0 Å². The monoisotopic (exact) mass is 525 g/mol. The molecule has 0 atom stereocenters. The number of nitrogens with zero attached hydrogens (tertiary/aromatic N) is 1. The highest BCUT2D eigenvalue weighted by atomic mass is 16.3. The zero-order valence-corrected chi connectivity index (χ0v) is 22.0. The number of aromatic nitrogens is 1.